The molecule has 0 bridgehead atoms. The van der Waals surface area contributed by atoms with Gasteiger partial charge >= 0.3 is 0 Å². The van der Waals surface area contributed by atoms with Crippen LogP contribution >= 0.6 is 11.6 Å². The largest absolute Gasteiger partial charge is 0.398 e. The smallest absolute Gasteiger partial charge is 0.238 e. The number of sulfone groups is 1. The van der Waals surface area contributed by atoms with Gasteiger partial charge in [0.05, 0.1) is 10.6 Å². The van der Waals surface area contributed by atoms with Gasteiger partial charge in [-0.15, -0.1) is 0 Å². The lowest BCUT2D eigenvalue weighted by molar-refractivity contribution is -0.128. The van der Waals surface area contributed by atoms with Gasteiger partial charge in [-0.3, -0.25) is 4.79 Å². The summed E-state index contributed by atoms with van der Waals surface area (Å²) in [6.45, 7) is 1.26. The van der Waals surface area contributed by atoms with Gasteiger partial charge in [0.1, 0.15) is 5.75 Å². The van der Waals surface area contributed by atoms with Gasteiger partial charge in [0.25, 0.3) is 0 Å². The van der Waals surface area contributed by atoms with Crippen LogP contribution in [0.2, 0.25) is 5.02 Å². The van der Waals surface area contributed by atoms with E-state index >= 15 is 0 Å². The quantitative estimate of drug-likeness (QED) is 0.861. The molecule has 1 heterocycles. The SMILES string of the molecule is Nc1cc(Cl)ccc1S(=O)(=O)CC(=O)N1CCCCCC1. The number of anilines is 1. The third-order valence-corrected chi connectivity index (χ3v) is 5.48. The van der Waals surface area contributed by atoms with Crippen LogP contribution in [0, 0.1) is 0 Å². The number of carbonyl (C=O) groups excluding carboxylic acids is 1. The van der Waals surface area contributed by atoms with Crippen LogP contribution in [0.15, 0.2) is 23.1 Å². The predicted molar refractivity (Wildman–Crippen MR) is 83.0 cm³/mol. The first kappa shape index (κ1) is 16.1. The maximum Gasteiger partial charge on any atom is 0.238 e. The number of nitrogens with zero attached hydrogens (tertiary/aromatic N) is 1. The number of hydrogen-bond acceptors (Lipinski definition) is 4. The summed E-state index contributed by atoms with van der Waals surface area (Å²) in [5, 5.41) is 0.366. The Balaban J connectivity index is 2.14. The van der Waals surface area contributed by atoms with Gasteiger partial charge in [0.15, 0.2) is 9.84 Å². The van der Waals surface area contributed by atoms with Gasteiger partial charge in [-0.2, -0.15) is 0 Å². The highest BCUT2D eigenvalue weighted by atomic mass is 35.5. The lowest BCUT2D eigenvalue weighted by atomic mass is 10.2. The molecular formula is C14H19ClN2O3S. The van der Waals surface area contributed by atoms with Crippen molar-refractivity contribution in [1.82, 2.24) is 4.90 Å². The first-order valence-corrected chi connectivity index (χ1v) is 8.99. The number of likely N-dealkylation sites (tertiary alicyclic amines) is 1. The number of halogens is 1. The lowest BCUT2D eigenvalue weighted by Crippen LogP contribution is -2.36. The number of hydrogen-bond donors (Lipinski definition) is 1. The summed E-state index contributed by atoms with van der Waals surface area (Å²) in [6.07, 6.45) is 4.02. The molecule has 0 aromatic heterocycles. The fourth-order valence-electron chi connectivity index (χ4n) is 2.45. The molecule has 1 amide bonds. The van der Waals surface area contributed by atoms with Crippen LogP contribution in [0.3, 0.4) is 0 Å². The zero-order valence-corrected chi connectivity index (χ0v) is 13.3. The van der Waals surface area contributed by atoms with Crippen LogP contribution in [0.25, 0.3) is 0 Å². The van der Waals surface area contributed by atoms with E-state index in [2.05, 4.69) is 0 Å². The second-order valence-electron chi connectivity index (χ2n) is 5.24. The first-order chi connectivity index (χ1) is 9.90. The topological polar surface area (TPSA) is 80.5 Å². The molecule has 116 valence electrons. The lowest BCUT2D eigenvalue weighted by Gasteiger charge is -2.20. The number of carbonyl (C=O) groups is 1. The zero-order valence-electron chi connectivity index (χ0n) is 11.7. The van der Waals surface area contributed by atoms with Gasteiger partial charge in [-0.1, -0.05) is 24.4 Å². The summed E-state index contributed by atoms with van der Waals surface area (Å²) in [7, 11) is -3.74. The Labute approximate surface area is 130 Å². The minimum Gasteiger partial charge on any atom is -0.398 e. The zero-order chi connectivity index (χ0) is 15.5. The van der Waals surface area contributed by atoms with Crippen molar-refractivity contribution in [1.29, 1.82) is 0 Å². The summed E-state index contributed by atoms with van der Waals surface area (Å²) >= 11 is 5.76. The number of nitrogen functional groups attached to an aromatic ring is 1. The Bertz CT molecular complexity index is 623. The molecule has 0 radical (unpaired) electrons. The average molecular weight is 331 g/mol. The van der Waals surface area contributed by atoms with Crippen LogP contribution < -0.4 is 5.73 Å². The Kier molecular flexibility index (Phi) is 5.11. The van der Waals surface area contributed by atoms with Crippen LogP contribution in [-0.4, -0.2) is 38.1 Å². The molecule has 7 heteroatoms. The molecule has 1 aliphatic heterocycles. The van der Waals surface area contributed by atoms with E-state index < -0.39 is 15.6 Å². The molecule has 21 heavy (non-hydrogen) atoms. The van der Waals surface area contributed by atoms with Crippen molar-refractivity contribution in [2.24, 2.45) is 0 Å². The minimum atomic E-state index is -3.74. The molecule has 5 nitrogen and oxygen atoms in total. The molecule has 0 unspecified atom stereocenters. The van der Waals surface area contributed by atoms with Crippen molar-refractivity contribution >= 4 is 33.0 Å². The maximum absolute atomic E-state index is 12.3. The number of amides is 1. The fourth-order valence-corrected chi connectivity index (χ4v) is 3.99. The van der Waals surface area contributed by atoms with Crippen LogP contribution in [0.1, 0.15) is 25.7 Å². The third kappa shape index (κ3) is 4.11. The van der Waals surface area contributed by atoms with Gasteiger partial charge in [0, 0.05) is 18.1 Å². The van der Waals surface area contributed by atoms with E-state index in [0.29, 0.717) is 18.1 Å². The van der Waals surface area contributed by atoms with Gasteiger partial charge in [0.2, 0.25) is 5.91 Å². The van der Waals surface area contributed by atoms with Crippen LogP contribution in [0.4, 0.5) is 5.69 Å². The summed E-state index contributed by atoms with van der Waals surface area (Å²) in [6, 6.07) is 4.19. The molecule has 1 aliphatic rings. The molecule has 1 aromatic carbocycles. The van der Waals surface area contributed by atoms with Crippen LogP contribution in [0.5, 0.6) is 0 Å². The highest BCUT2D eigenvalue weighted by Gasteiger charge is 2.25. The summed E-state index contributed by atoms with van der Waals surface area (Å²) in [5.41, 5.74) is 5.77. The molecule has 1 aromatic rings. The molecule has 2 N–H and O–H groups in total. The highest BCUT2D eigenvalue weighted by Crippen LogP contribution is 2.24. The van der Waals surface area contributed by atoms with E-state index in [4.69, 9.17) is 17.3 Å². The van der Waals surface area contributed by atoms with E-state index in [1.807, 2.05) is 0 Å². The van der Waals surface area contributed by atoms with Crippen LogP contribution in [-0.2, 0) is 14.6 Å². The summed E-state index contributed by atoms with van der Waals surface area (Å²) in [4.78, 5) is 13.8. The van der Waals surface area contributed by atoms with Crippen molar-refractivity contribution in [3.05, 3.63) is 23.2 Å². The Hall–Kier alpha value is -1.27. The second-order valence-corrected chi connectivity index (χ2v) is 7.63. The molecule has 2 rings (SSSR count). The van der Waals surface area contributed by atoms with Gasteiger partial charge in [-0.05, 0) is 31.0 Å². The van der Waals surface area contributed by atoms with E-state index in [9.17, 15) is 13.2 Å². The van der Waals surface area contributed by atoms with Crippen molar-refractivity contribution < 1.29 is 13.2 Å². The molecule has 0 saturated carbocycles. The Morgan fingerprint density at radius 1 is 1.19 bits per heavy atom. The van der Waals surface area contributed by atoms with Gasteiger partial charge < -0.3 is 10.6 Å². The maximum atomic E-state index is 12.3. The first-order valence-electron chi connectivity index (χ1n) is 6.96. The molecule has 1 saturated heterocycles. The highest BCUT2D eigenvalue weighted by molar-refractivity contribution is 7.92. The average Bonchev–Trinajstić information content (AvgIpc) is 2.66. The van der Waals surface area contributed by atoms with Crippen molar-refractivity contribution in [3.63, 3.8) is 0 Å². The summed E-state index contributed by atoms with van der Waals surface area (Å²) < 4.78 is 24.7. The summed E-state index contributed by atoms with van der Waals surface area (Å²) in [5.74, 6) is -0.898. The standard InChI is InChI=1S/C14H19ClN2O3S/c15-11-5-6-13(12(16)9-11)21(19,20)10-14(18)17-7-3-1-2-4-8-17/h5-6,9H,1-4,7-8,10,16H2. The normalized spacial score (nSPS) is 16.5. The molecule has 1 fully saturated rings. The number of rotatable bonds is 3. The van der Waals surface area contributed by atoms with Crippen molar-refractivity contribution in [3.8, 4) is 0 Å². The molecular weight excluding hydrogens is 312 g/mol. The van der Waals surface area contributed by atoms with E-state index in [1.54, 1.807) is 4.90 Å². The van der Waals surface area contributed by atoms with Crippen molar-refractivity contribution in [2.75, 3.05) is 24.6 Å². The van der Waals surface area contributed by atoms with E-state index in [0.717, 1.165) is 25.7 Å². The van der Waals surface area contributed by atoms with E-state index in [-0.39, 0.29) is 16.5 Å². The van der Waals surface area contributed by atoms with Crippen molar-refractivity contribution in [2.45, 2.75) is 30.6 Å². The third-order valence-electron chi connectivity index (χ3n) is 3.58. The Morgan fingerprint density at radius 2 is 1.81 bits per heavy atom. The Morgan fingerprint density at radius 3 is 2.38 bits per heavy atom. The molecule has 0 aliphatic carbocycles. The molecule has 0 atom stereocenters. The monoisotopic (exact) mass is 330 g/mol. The number of nitrogens with two attached hydrogens (primary N) is 1. The predicted octanol–water partition coefficient (Wildman–Crippen LogP) is 2.10. The molecule has 0 spiro atoms. The fraction of sp³-hybridized carbons (Fsp3) is 0.500. The van der Waals surface area contributed by atoms with Gasteiger partial charge in [-0.25, -0.2) is 8.42 Å². The number of benzene rings is 1. The second kappa shape index (κ2) is 6.66. The minimum absolute atomic E-state index is 0.0323. The van der Waals surface area contributed by atoms with E-state index in [1.165, 1.54) is 18.2 Å².